The number of aromatic nitrogens is 2. The van der Waals surface area contributed by atoms with Crippen LogP contribution in [0.25, 0.3) is 5.69 Å². The molecule has 0 aliphatic carbocycles. The Labute approximate surface area is 186 Å². The number of nitrogens with zero attached hydrogens (tertiary/aromatic N) is 4. The minimum atomic E-state index is 0.153. The van der Waals surface area contributed by atoms with E-state index >= 15 is 0 Å². The average molecular weight is 441 g/mol. The first-order valence-corrected chi connectivity index (χ1v) is 11.4. The summed E-state index contributed by atoms with van der Waals surface area (Å²) in [7, 11) is 0. The van der Waals surface area contributed by atoms with Crippen LogP contribution in [-0.2, 0) is 4.79 Å². The standard InChI is InChI=1S/C23H25ClN4OS/c1-17-12-18(2)14-21(13-17)28-7-6-25-23(28)30-16-22(29)27-10-8-26(9-11-27)20-5-3-4-19(24)15-20/h3-7,12-15H,8-11,16H2,1-2H3. The van der Waals surface area contributed by atoms with Crippen molar-refractivity contribution in [3.8, 4) is 5.69 Å². The molecule has 2 aromatic carbocycles. The second-order valence-corrected chi connectivity index (χ2v) is 8.94. The van der Waals surface area contributed by atoms with Gasteiger partial charge in [0.1, 0.15) is 0 Å². The Kier molecular flexibility index (Phi) is 6.35. The maximum absolute atomic E-state index is 12.8. The predicted octanol–water partition coefficient (Wildman–Crippen LogP) is 4.58. The van der Waals surface area contributed by atoms with E-state index in [0.717, 1.165) is 47.7 Å². The van der Waals surface area contributed by atoms with Gasteiger partial charge in [-0.05, 0) is 55.3 Å². The van der Waals surface area contributed by atoms with Gasteiger partial charge in [-0.15, -0.1) is 0 Å². The van der Waals surface area contributed by atoms with Crippen LogP contribution in [0.4, 0.5) is 5.69 Å². The smallest absolute Gasteiger partial charge is 0.233 e. The lowest BCUT2D eigenvalue weighted by atomic mass is 10.1. The highest BCUT2D eigenvalue weighted by atomic mass is 35.5. The summed E-state index contributed by atoms with van der Waals surface area (Å²) in [5.74, 6) is 0.541. The topological polar surface area (TPSA) is 41.4 Å². The van der Waals surface area contributed by atoms with Gasteiger partial charge in [0.15, 0.2) is 5.16 Å². The van der Waals surface area contributed by atoms with Gasteiger partial charge in [-0.25, -0.2) is 4.98 Å². The summed E-state index contributed by atoms with van der Waals surface area (Å²) in [4.78, 5) is 21.5. The van der Waals surface area contributed by atoms with Gasteiger partial charge >= 0.3 is 0 Å². The van der Waals surface area contributed by atoms with E-state index in [1.54, 1.807) is 6.20 Å². The first kappa shape index (κ1) is 20.8. The number of hydrogen-bond donors (Lipinski definition) is 0. The first-order chi connectivity index (χ1) is 14.5. The largest absolute Gasteiger partial charge is 0.368 e. The molecule has 0 radical (unpaired) electrons. The molecule has 30 heavy (non-hydrogen) atoms. The lowest BCUT2D eigenvalue weighted by Gasteiger charge is -2.36. The summed E-state index contributed by atoms with van der Waals surface area (Å²) < 4.78 is 2.05. The van der Waals surface area contributed by atoms with Gasteiger partial charge in [-0.3, -0.25) is 9.36 Å². The van der Waals surface area contributed by atoms with Crippen LogP contribution in [0.3, 0.4) is 0 Å². The molecule has 3 aromatic rings. The van der Waals surface area contributed by atoms with Crippen molar-refractivity contribution in [2.75, 3.05) is 36.8 Å². The van der Waals surface area contributed by atoms with Crippen molar-refractivity contribution in [1.82, 2.24) is 14.5 Å². The highest BCUT2D eigenvalue weighted by Crippen LogP contribution is 2.24. The quantitative estimate of drug-likeness (QED) is 0.544. The molecule has 1 aromatic heterocycles. The molecule has 1 saturated heterocycles. The minimum Gasteiger partial charge on any atom is -0.368 e. The lowest BCUT2D eigenvalue weighted by Crippen LogP contribution is -2.49. The second-order valence-electron chi connectivity index (χ2n) is 7.56. The van der Waals surface area contributed by atoms with Crippen LogP contribution in [0.5, 0.6) is 0 Å². The van der Waals surface area contributed by atoms with Crippen LogP contribution in [0, 0.1) is 13.8 Å². The number of imidazole rings is 1. The third kappa shape index (κ3) is 4.82. The number of benzene rings is 2. The molecule has 0 saturated carbocycles. The fourth-order valence-corrected chi connectivity index (χ4v) is 4.85. The number of hydrogen-bond acceptors (Lipinski definition) is 4. The number of amides is 1. The van der Waals surface area contributed by atoms with Crippen molar-refractivity contribution in [1.29, 1.82) is 0 Å². The molecular weight excluding hydrogens is 416 g/mol. The Morgan fingerprint density at radius 1 is 1.03 bits per heavy atom. The molecule has 4 rings (SSSR count). The molecule has 0 N–H and O–H groups in total. The molecule has 156 valence electrons. The molecule has 0 atom stereocenters. The number of aryl methyl sites for hydroxylation is 2. The van der Waals surface area contributed by atoms with Crippen LogP contribution < -0.4 is 4.90 Å². The van der Waals surface area contributed by atoms with Crippen molar-refractivity contribution < 1.29 is 4.79 Å². The Morgan fingerprint density at radius 3 is 2.47 bits per heavy atom. The number of carbonyl (C=O) groups excluding carboxylic acids is 1. The highest BCUT2D eigenvalue weighted by Gasteiger charge is 2.22. The molecule has 1 aliphatic rings. The van der Waals surface area contributed by atoms with E-state index in [1.165, 1.54) is 22.9 Å². The van der Waals surface area contributed by atoms with E-state index in [2.05, 4.69) is 52.6 Å². The predicted molar refractivity (Wildman–Crippen MR) is 124 cm³/mol. The van der Waals surface area contributed by atoms with Gasteiger partial charge in [-0.1, -0.05) is 35.5 Å². The zero-order valence-electron chi connectivity index (χ0n) is 17.2. The SMILES string of the molecule is Cc1cc(C)cc(-n2ccnc2SCC(=O)N2CCN(c3cccc(Cl)c3)CC2)c1. The van der Waals surface area contributed by atoms with Crippen LogP contribution in [0.2, 0.25) is 5.02 Å². The normalized spacial score (nSPS) is 14.2. The molecule has 2 heterocycles. The fraction of sp³-hybridized carbons (Fsp3) is 0.304. The van der Waals surface area contributed by atoms with Crippen molar-refractivity contribution in [3.63, 3.8) is 0 Å². The number of piperazine rings is 1. The number of thioether (sulfide) groups is 1. The Morgan fingerprint density at radius 2 is 1.77 bits per heavy atom. The molecule has 0 bridgehead atoms. The number of rotatable bonds is 5. The number of carbonyl (C=O) groups is 1. The zero-order chi connectivity index (χ0) is 21.1. The third-order valence-corrected chi connectivity index (χ3v) is 6.41. The Bertz CT molecular complexity index is 1020. The van der Waals surface area contributed by atoms with Crippen LogP contribution in [0.1, 0.15) is 11.1 Å². The molecule has 1 aliphatic heterocycles. The number of anilines is 1. The van der Waals surface area contributed by atoms with E-state index in [1.807, 2.05) is 29.3 Å². The molecule has 0 spiro atoms. The highest BCUT2D eigenvalue weighted by molar-refractivity contribution is 7.99. The third-order valence-electron chi connectivity index (χ3n) is 5.22. The van der Waals surface area contributed by atoms with Gasteiger partial charge in [0.2, 0.25) is 5.91 Å². The van der Waals surface area contributed by atoms with Crippen molar-refractivity contribution in [2.24, 2.45) is 0 Å². The van der Waals surface area contributed by atoms with Gasteiger partial charge in [0.05, 0.1) is 5.75 Å². The molecule has 1 fully saturated rings. The summed E-state index contributed by atoms with van der Waals surface area (Å²) in [6.07, 6.45) is 3.74. The Hall–Kier alpha value is -2.44. The van der Waals surface area contributed by atoms with E-state index in [9.17, 15) is 4.79 Å². The van der Waals surface area contributed by atoms with Crippen LogP contribution in [0.15, 0.2) is 60.0 Å². The van der Waals surface area contributed by atoms with Gasteiger partial charge in [0.25, 0.3) is 0 Å². The summed E-state index contributed by atoms with van der Waals surface area (Å²) in [6.45, 7) is 7.25. The van der Waals surface area contributed by atoms with Crippen LogP contribution in [-0.4, -0.2) is 52.3 Å². The van der Waals surface area contributed by atoms with E-state index < -0.39 is 0 Å². The second kappa shape index (κ2) is 9.14. The van der Waals surface area contributed by atoms with Gasteiger partial charge < -0.3 is 9.80 Å². The van der Waals surface area contributed by atoms with Crippen LogP contribution >= 0.6 is 23.4 Å². The van der Waals surface area contributed by atoms with E-state index in [-0.39, 0.29) is 5.91 Å². The fourth-order valence-electron chi connectivity index (χ4n) is 3.79. The van der Waals surface area contributed by atoms with E-state index in [4.69, 9.17) is 11.6 Å². The van der Waals surface area contributed by atoms with Crippen molar-refractivity contribution in [3.05, 3.63) is 71.0 Å². The van der Waals surface area contributed by atoms with Gasteiger partial charge in [0, 0.05) is 55.0 Å². The molecule has 5 nitrogen and oxygen atoms in total. The molecule has 0 unspecified atom stereocenters. The maximum atomic E-state index is 12.8. The molecular formula is C23H25ClN4OS. The monoisotopic (exact) mass is 440 g/mol. The maximum Gasteiger partial charge on any atom is 0.233 e. The molecule has 1 amide bonds. The zero-order valence-corrected chi connectivity index (χ0v) is 18.8. The Balaban J connectivity index is 1.35. The van der Waals surface area contributed by atoms with E-state index in [0.29, 0.717) is 5.75 Å². The minimum absolute atomic E-state index is 0.153. The lowest BCUT2D eigenvalue weighted by molar-refractivity contribution is -0.128. The number of halogens is 1. The summed E-state index contributed by atoms with van der Waals surface area (Å²) >= 11 is 7.60. The summed E-state index contributed by atoms with van der Waals surface area (Å²) in [6, 6.07) is 14.3. The summed E-state index contributed by atoms with van der Waals surface area (Å²) in [5.41, 5.74) is 4.61. The first-order valence-electron chi connectivity index (χ1n) is 10.0. The van der Waals surface area contributed by atoms with Gasteiger partial charge in [-0.2, -0.15) is 0 Å². The van der Waals surface area contributed by atoms with Crippen molar-refractivity contribution in [2.45, 2.75) is 19.0 Å². The summed E-state index contributed by atoms with van der Waals surface area (Å²) in [5, 5.41) is 1.58. The average Bonchev–Trinajstić information content (AvgIpc) is 3.20. The van der Waals surface area contributed by atoms with Crippen molar-refractivity contribution >= 4 is 35.0 Å². The molecule has 7 heteroatoms.